The van der Waals surface area contributed by atoms with Crippen LogP contribution in [0.5, 0.6) is 0 Å². The highest BCUT2D eigenvalue weighted by Crippen LogP contribution is 2.21. The van der Waals surface area contributed by atoms with Crippen molar-refractivity contribution in [1.82, 2.24) is 20.0 Å². The standard InChI is InChI=1S/C19H39N5O/c1-6-20-19(23(5)16-18(25)24(7-2)8-3)21-14-15-22(4)17-12-10-9-11-13-17/h17H,6-16H2,1-5H3,(H,20,21). The summed E-state index contributed by atoms with van der Waals surface area (Å²) >= 11 is 0. The average molecular weight is 354 g/mol. The molecule has 0 unspecified atom stereocenters. The number of carbonyl (C=O) groups is 1. The van der Waals surface area contributed by atoms with Crippen LogP contribution in [0, 0.1) is 0 Å². The summed E-state index contributed by atoms with van der Waals surface area (Å²) in [6.07, 6.45) is 6.74. The highest BCUT2D eigenvalue weighted by Gasteiger charge is 2.18. The molecule has 0 aromatic rings. The number of hydrogen-bond acceptors (Lipinski definition) is 3. The number of rotatable bonds is 9. The molecule has 0 radical (unpaired) electrons. The lowest BCUT2D eigenvalue weighted by molar-refractivity contribution is -0.131. The molecule has 1 aliphatic carbocycles. The Morgan fingerprint density at radius 1 is 1.08 bits per heavy atom. The summed E-state index contributed by atoms with van der Waals surface area (Å²) in [5, 5.41) is 3.30. The smallest absolute Gasteiger partial charge is 0.242 e. The van der Waals surface area contributed by atoms with Crippen molar-refractivity contribution in [1.29, 1.82) is 0 Å². The summed E-state index contributed by atoms with van der Waals surface area (Å²) in [5.41, 5.74) is 0. The van der Waals surface area contributed by atoms with Gasteiger partial charge in [-0.2, -0.15) is 0 Å². The molecule has 0 aliphatic heterocycles. The predicted octanol–water partition coefficient (Wildman–Crippen LogP) is 2.02. The third-order valence-corrected chi connectivity index (χ3v) is 5.10. The van der Waals surface area contributed by atoms with Crippen LogP contribution in [0.4, 0.5) is 0 Å². The lowest BCUT2D eigenvalue weighted by Crippen LogP contribution is -2.46. The van der Waals surface area contributed by atoms with Gasteiger partial charge >= 0.3 is 0 Å². The highest BCUT2D eigenvalue weighted by atomic mass is 16.2. The summed E-state index contributed by atoms with van der Waals surface area (Å²) in [7, 11) is 4.15. The van der Waals surface area contributed by atoms with Crippen molar-refractivity contribution in [3.63, 3.8) is 0 Å². The first-order valence-corrected chi connectivity index (χ1v) is 10.0. The summed E-state index contributed by atoms with van der Waals surface area (Å²) < 4.78 is 0. The molecule has 0 heterocycles. The second kappa shape index (κ2) is 12.1. The van der Waals surface area contributed by atoms with Gasteiger partial charge in [0.15, 0.2) is 5.96 Å². The van der Waals surface area contributed by atoms with Gasteiger partial charge in [-0.15, -0.1) is 0 Å². The molecule has 0 aromatic heterocycles. The number of likely N-dealkylation sites (N-methyl/N-ethyl adjacent to an activating group) is 3. The van der Waals surface area contributed by atoms with E-state index in [1.54, 1.807) is 0 Å². The molecular weight excluding hydrogens is 314 g/mol. The first-order chi connectivity index (χ1) is 12.0. The largest absolute Gasteiger partial charge is 0.357 e. The van der Waals surface area contributed by atoms with E-state index in [1.165, 1.54) is 32.1 Å². The molecule has 1 aliphatic rings. The molecule has 25 heavy (non-hydrogen) atoms. The van der Waals surface area contributed by atoms with Gasteiger partial charge in [-0.25, -0.2) is 0 Å². The molecular formula is C19H39N5O. The number of aliphatic imine (C=N–C) groups is 1. The van der Waals surface area contributed by atoms with Crippen molar-refractivity contribution < 1.29 is 4.79 Å². The zero-order chi connectivity index (χ0) is 18.7. The zero-order valence-electron chi connectivity index (χ0n) is 17.1. The van der Waals surface area contributed by atoms with E-state index in [0.717, 1.165) is 38.7 Å². The minimum atomic E-state index is 0.150. The minimum Gasteiger partial charge on any atom is -0.357 e. The molecule has 1 amide bonds. The number of hydrogen-bond donors (Lipinski definition) is 1. The third-order valence-electron chi connectivity index (χ3n) is 5.10. The lowest BCUT2D eigenvalue weighted by Gasteiger charge is -2.31. The number of nitrogens with zero attached hydrogens (tertiary/aromatic N) is 4. The normalized spacial score (nSPS) is 16.2. The number of nitrogens with one attached hydrogen (secondary N) is 1. The van der Waals surface area contributed by atoms with Crippen LogP contribution in [0.3, 0.4) is 0 Å². The predicted molar refractivity (Wildman–Crippen MR) is 106 cm³/mol. The molecule has 146 valence electrons. The van der Waals surface area contributed by atoms with Crippen LogP contribution in [0.1, 0.15) is 52.9 Å². The Hall–Kier alpha value is -1.30. The summed E-state index contributed by atoms with van der Waals surface area (Å²) in [6.45, 7) is 10.5. The Labute approximate surface area is 154 Å². The monoisotopic (exact) mass is 353 g/mol. The van der Waals surface area contributed by atoms with E-state index in [4.69, 9.17) is 4.99 Å². The maximum atomic E-state index is 12.3. The fraction of sp³-hybridized carbons (Fsp3) is 0.895. The van der Waals surface area contributed by atoms with Gasteiger partial charge in [0.1, 0.15) is 0 Å². The molecule has 1 fully saturated rings. The highest BCUT2D eigenvalue weighted by molar-refractivity contribution is 5.86. The SMILES string of the molecule is CCNC(=NCCN(C)C1CCCCC1)N(C)CC(=O)N(CC)CC. The van der Waals surface area contributed by atoms with E-state index in [1.807, 2.05) is 30.7 Å². The van der Waals surface area contributed by atoms with Crippen LogP contribution in [0.2, 0.25) is 0 Å². The molecule has 6 heteroatoms. The van der Waals surface area contributed by atoms with Crippen molar-refractivity contribution >= 4 is 11.9 Å². The first-order valence-electron chi connectivity index (χ1n) is 10.0. The van der Waals surface area contributed by atoms with E-state index < -0.39 is 0 Å². The van der Waals surface area contributed by atoms with E-state index in [-0.39, 0.29) is 5.91 Å². The van der Waals surface area contributed by atoms with E-state index in [0.29, 0.717) is 12.6 Å². The third kappa shape index (κ3) is 7.63. The number of amides is 1. The van der Waals surface area contributed by atoms with Crippen LogP contribution in [-0.2, 0) is 4.79 Å². The second-order valence-corrected chi connectivity index (χ2v) is 6.93. The van der Waals surface area contributed by atoms with Crippen molar-refractivity contribution in [3.05, 3.63) is 0 Å². The van der Waals surface area contributed by atoms with Crippen molar-refractivity contribution in [3.8, 4) is 0 Å². The molecule has 0 saturated heterocycles. The van der Waals surface area contributed by atoms with Gasteiger partial charge in [0.2, 0.25) is 5.91 Å². The zero-order valence-corrected chi connectivity index (χ0v) is 17.1. The van der Waals surface area contributed by atoms with Gasteiger partial charge in [-0.05, 0) is 40.7 Å². The summed E-state index contributed by atoms with van der Waals surface area (Å²) in [4.78, 5) is 23.3. The van der Waals surface area contributed by atoms with Crippen molar-refractivity contribution in [2.24, 2.45) is 4.99 Å². The van der Waals surface area contributed by atoms with Gasteiger partial charge in [0, 0.05) is 39.3 Å². The van der Waals surface area contributed by atoms with Crippen molar-refractivity contribution in [2.75, 3.05) is 53.4 Å². The van der Waals surface area contributed by atoms with Gasteiger partial charge in [0.25, 0.3) is 0 Å². The number of carbonyl (C=O) groups excluding carboxylic acids is 1. The fourth-order valence-electron chi connectivity index (χ4n) is 3.44. The van der Waals surface area contributed by atoms with Crippen LogP contribution < -0.4 is 5.32 Å². The van der Waals surface area contributed by atoms with Crippen LogP contribution in [0.25, 0.3) is 0 Å². The maximum Gasteiger partial charge on any atom is 0.242 e. The quantitative estimate of drug-likeness (QED) is 0.509. The molecule has 1 N–H and O–H groups in total. The Kier molecular flexibility index (Phi) is 10.5. The summed E-state index contributed by atoms with van der Waals surface area (Å²) in [5.74, 6) is 0.970. The van der Waals surface area contributed by atoms with Gasteiger partial charge in [-0.1, -0.05) is 19.3 Å². The average Bonchev–Trinajstić information content (AvgIpc) is 2.62. The van der Waals surface area contributed by atoms with Gasteiger partial charge in [-0.3, -0.25) is 9.79 Å². The Bertz CT molecular complexity index is 403. The topological polar surface area (TPSA) is 51.2 Å². The lowest BCUT2D eigenvalue weighted by atomic mass is 9.94. The first kappa shape index (κ1) is 21.7. The Balaban J connectivity index is 2.52. The molecule has 0 bridgehead atoms. The maximum absolute atomic E-state index is 12.3. The summed E-state index contributed by atoms with van der Waals surface area (Å²) in [6, 6.07) is 0.716. The molecule has 1 saturated carbocycles. The molecule has 0 atom stereocenters. The Morgan fingerprint density at radius 2 is 1.72 bits per heavy atom. The van der Waals surface area contributed by atoms with E-state index in [2.05, 4.69) is 24.2 Å². The van der Waals surface area contributed by atoms with Gasteiger partial charge < -0.3 is 20.0 Å². The molecule has 0 aromatic carbocycles. The van der Waals surface area contributed by atoms with Crippen LogP contribution in [0.15, 0.2) is 4.99 Å². The van der Waals surface area contributed by atoms with Crippen LogP contribution in [-0.4, -0.2) is 86.0 Å². The van der Waals surface area contributed by atoms with E-state index >= 15 is 0 Å². The van der Waals surface area contributed by atoms with Crippen molar-refractivity contribution in [2.45, 2.75) is 58.9 Å². The van der Waals surface area contributed by atoms with Gasteiger partial charge in [0.05, 0.1) is 13.1 Å². The van der Waals surface area contributed by atoms with Crippen LogP contribution >= 0.6 is 0 Å². The minimum absolute atomic E-state index is 0.150. The Morgan fingerprint density at radius 3 is 2.28 bits per heavy atom. The van der Waals surface area contributed by atoms with E-state index in [9.17, 15) is 4.79 Å². The molecule has 0 spiro atoms. The molecule has 1 rings (SSSR count). The fourth-order valence-corrected chi connectivity index (χ4v) is 3.44. The number of guanidine groups is 1. The molecule has 6 nitrogen and oxygen atoms in total. The second-order valence-electron chi connectivity index (χ2n) is 6.93.